The average molecular weight is 461 g/mol. The lowest BCUT2D eigenvalue weighted by molar-refractivity contribution is -0.384. The molecule has 2 fully saturated rings. The number of terminal acetylenes is 1. The average Bonchev–Trinajstić information content (AvgIpc) is 3.10. The van der Waals surface area contributed by atoms with Gasteiger partial charge in [0.1, 0.15) is 11.4 Å². The fourth-order valence-corrected chi connectivity index (χ4v) is 6.43. The molecule has 3 N–H and O–H groups in total. The molecule has 34 heavy (non-hydrogen) atoms. The van der Waals surface area contributed by atoms with Crippen LogP contribution in [0.2, 0.25) is 0 Å². The van der Waals surface area contributed by atoms with Gasteiger partial charge in [0.05, 0.1) is 17.2 Å². The minimum Gasteiger partial charge on any atom is -0.508 e. The van der Waals surface area contributed by atoms with E-state index in [0.29, 0.717) is 6.42 Å². The van der Waals surface area contributed by atoms with Gasteiger partial charge >= 0.3 is 0 Å². The van der Waals surface area contributed by atoms with Gasteiger partial charge in [-0.15, -0.1) is 6.42 Å². The summed E-state index contributed by atoms with van der Waals surface area (Å²) in [5.74, 6) is 3.59. The number of phenols is 1. The van der Waals surface area contributed by atoms with Gasteiger partial charge in [0.25, 0.3) is 5.69 Å². The highest BCUT2D eigenvalue weighted by molar-refractivity contribution is 5.71. The number of allylic oxidation sites excluding steroid dienone is 1. The number of non-ortho nitro benzene ring substituents is 1. The third-order valence-electron chi connectivity index (χ3n) is 8.38. The van der Waals surface area contributed by atoms with Crippen LogP contribution in [0.5, 0.6) is 5.75 Å². The van der Waals surface area contributed by atoms with E-state index in [-0.39, 0.29) is 41.2 Å². The Kier molecular flexibility index (Phi) is 5.38. The Balaban J connectivity index is 1.41. The minimum atomic E-state index is -1.09. The van der Waals surface area contributed by atoms with E-state index < -0.39 is 10.5 Å². The molecular weight excluding hydrogens is 432 g/mol. The van der Waals surface area contributed by atoms with E-state index in [1.807, 2.05) is 6.07 Å². The number of fused-ring (bicyclic) bond motifs is 5. The van der Waals surface area contributed by atoms with Crippen molar-refractivity contribution < 1.29 is 20.0 Å². The van der Waals surface area contributed by atoms with Crippen LogP contribution < -0.4 is 5.48 Å². The molecule has 176 valence electrons. The Morgan fingerprint density at radius 3 is 2.71 bits per heavy atom. The number of hydroxylamine groups is 1. The largest absolute Gasteiger partial charge is 0.508 e. The Labute approximate surface area is 198 Å². The Morgan fingerprint density at radius 1 is 1.24 bits per heavy atom. The molecule has 0 amide bonds. The number of phenolic OH excluding ortho intramolecular Hbond substituents is 1. The van der Waals surface area contributed by atoms with Crippen LogP contribution in [0.4, 0.5) is 5.69 Å². The molecular formula is C27H28N2O5. The highest BCUT2D eigenvalue weighted by atomic mass is 16.6. The number of nitrogens with one attached hydrogen (secondary N) is 1. The monoisotopic (exact) mass is 460 g/mol. The summed E-state index contributed by atoms with van der Waals surface area (Å²) >= 11 is 0. The standard InChI is InChI=1S/C27H28N2O5/c1-3-27(31)13-11-24-22-15-25(28-34-16-17-4-6-18(7-5-17)29(32)33)23-14-19(30)8-9-20(23)21(22)10-12-26(24,27)2/h1,4-9,14-15,21-22,24,28,30-31H,10-13,16H2,2H3/t21-,22-,24+,26+,27+/m1/s1. The van der Waals surface area contributed by atoms with E-state index in [0.717, 1.165) is 41.6 Å². The minimum absolute atomic E-state index is 0.0333. The first-order valence-electron chi connectivity index (χ1n) is 11.6. The molecule has 0 bridgehead atoms. The highest BCUT2D eigenvalue weighted by Gasteiger charge is 2.61. The molecule has 7 heteroatoms. The zero-order chi connectivity index (χ0) is 24.1. The smallest absolute Gasteiger partial charge is 0.269 e. The highest BCUT2D eigenvalue weighted by Crippen LogP contribution is 2.63. The SMILES string of the molecule is C#C[C@]1(O)CC[C@H]2[C@@H]3C=C(NOCc4ccc([N+](=O)[O-])cc4)c4cc(O)ccc4[C@H]3CC[C@@]21C. The van der Waals surface area contributed by atoms with E-state index in [1.165, 1.54) is 12.1 Å². The Hall–Kier alpha value is -3.34. The van der Waals surface area contributed by atoms with E-state index in [9.17, 15) is 20.3 Å². The number of nitro benzene ring substituents is 1. The zero-order valence-corrected chi connectivity index (χ0v) is 19.0. The molecule has 0 saturated heterocycles. The lowest BCUT2D eigenvalue weighted by atomic mass is 9.54. The fraction of sp³-hybridized carbons (Fsp3) is 0.407. The van der Waals surface area contributed by atoms with Crippen LogP contribution in [0, 0.1) is 39.7 Å². The van der Waals surface area contributed by atoms with Crippen molar-refractivity contribution in [3.8, 4) is 18.1 Å². The number of aromatic hydroxyl groups is 1. The number of aliphatic hydroxyl groups is 1. The molecule has 5 atom stereocenters. The van der Waals surface area contributed by atoms with Crippen LogP contribution in [0.1, 0.15) is 55.2 Å². The topological polar surface area (TPSA) is 105 Å². The van der Waals surface area contributed by atoms with Crippen molar-refractivity contribution in [2.24, 2.45) is 17.3 Å². The van der Waals surface area contributed by atoms with Gasteiger partial charge in [0, 0.05) is 23.1 Å². The second-order valence-corrected chi connectivity index (χ2v) is 9.96. The second-order valence-electron chi connectivity index (χ2n) is 9.96. The summed E-state index contributed by atoms with van der Waals surface area (Å²) in [7, 11) is 0. The number of hydrogen-bond donors (Lipinski definition) is 3. The summed E-state index contributed by atoms with van der Waals surface area (Å²) in [6.07, 6.45) is 11.2. The number of rotatable bonds is 5. The zero-order valence-electron chi connectivity index (χ0n) is 19.0. The van der Waals surface area contributed by atoms with E-state index >= 15 is 0 Å². The van der Waals surface area contributed by atoms with Crippen molar-refractivity contribution in [2.45, 2.75) is 50.7 Å². The lowest BCUT2D eigenvalue weighted by Crippen LogP contribution is -2.49. The van der Waals surface area contributed by atoms with Gasteiger partial charge in [-0.2, -0.15) is 0 Å². The molecule has 2 aromatic carbocycles. The molecule has 3 aliphatic carbocycles. The first-order chi connectivity index (χ1) is 16.3. The van der Waals surface area contributed by atoms with Gasteiger partial charge in [-0.05, 0) is 78.8 Å². The third kappa shape index (κ3) is 3.46. The molecule has 0 spiro atoms. The summed E-state index contributed by atoms with van der Waals surface area (Å²) in [6.45, 7) is 2.34. The van der Waals surface area contributed by atoms with E-state index in [2.05, 4.69) is 24.4 Å². The molecule has 0 unspecified atom stereocenters. The summed E-state index contributed by atoms with van der Waals surface area (Å²) in [4.78, 5) is 16.2. The molecule has 0 radical (unpaired) electrons. The van der Waals surface area contributed by atoms with Crippen LogP contribution in [0.25, 0.3) is 5.70 Å². The molecule has 7 nitrogen and oxygen atoms in total. The van der Waals surface area contributed by atoms with Crippen LogP contribution in [-0.4, -0.2) is 20.7 Å². The van der Waals surface area contributed by atoms with Crippen LogP contribution in [-0.2, 0) is 11.4 Å². The van der Waals surface area contributed by atoms with Crippen molar-refractivity contribution in [1.82, 2.24) is 5.48 Å². The van der Waals surface area contributed by atoms with Crippen LogP contribution in [0.15, 0.2) is 48.5 Å². The predicted molar refractivity (Wildman–Crippen MR) is 127 cm³/mol. The quantitative estimate of drug-likeness (QED) is 0.341. The predicted octanol–water partition coefficient (Wildman–Crippen LogP) is 4.65. The number of hydrogen-bond acceptors (Lipinski definition) is 6. The summed E-state index contributed by atoms with van der Waals surface area (Å²) in [5, 5.41) is 32.2. The lowest BCUT2D eigenvalue weighted by Gasteiger charge is -2.51. The van der Waals surface area contributed by atoms with E-state index in [4.69, 9.17) is 11.3 Å². The van der Waals surface area contributed by atoms with E-state index in [1.54, 1.807) is 24.3 Å². The van der Waals surface area contributed by atoms with Gasteiger partial charge in [-0.3, -0.25) is 20.4 Å². The van der Waals surface area contributed by atoms with Gasteiger partial charge in [-0.1, -0.05) is 25.0 Å². The van der Waals surface area contributed by atoms with Gasteiger partial charge < -0.3 is 10.2 Å². The van der Waals surface area contributed by atoms with Crippen LogP contribution >= 0.6 is 0 Å². The van der Waals surface area contributed by atoms with Crippen molar-refractivity contribution in [3.05, 3.63) is 75.3 Å². The Bertz CT molecular complexity index is 1200. The molecule has 0 aliphatic heterocycles. The molecule has 5 rings (SSSR count). The van der Waals surface area contributed by atoms with Gasteiger partial charge in [-0.25, -0.2) is 0 Å². The third-order valence-corrected chi connectivity index (χ3v) is 8.38. The second kappa shape index (κ2) is 8.15. The van der Waals surface area contributed by atoms with Crippen molar-refractivity contribution >= 4 is 11.4 Å². The molecule has 2 aromatic rings. The first-order valence-corrected chi connectivity index (χ1v) is 11.6. The summed E-state index contributed by atoms with van der Waals surface area (Å²) < 4.78 is 0. The molecule has 0 aromatic heterocycles. The van der Waals surface area contributed by atoms with Crippen molar-refractivity contribution in [1.29, 1.82) is 0 Å². The maximum Gasteiger partial charge on any atom is 0.269 e. The van der Waals surface area contributed by atoms with Crippen molar-refractivity contribution in [2.75, 3.05) is 0 Å². The summed E-state index contributed by atoms with van der Waals surface area (Å²) in [6, 6.07) is 11.7. The van der Waals surface area contributed by atoms with Crippen LogP contribution in [0.3, 0.4) is 0 Å². The maximum atomic E-state index is 11.2. The molecule has 3 aliphatic rings. The summed E-state index contributed by atoms with van der Waals surface area (Å²) in [5.41, 5.74) is 5.28. The normalized spacial score (nSPS) is 31.4. The number of nitro groups is 1. The van der Waals surface area contributed by atoms with Crippen molar-refractivity contribution in [3.63, 3.8) is 0 Å². The Morgan fingerprint density at radius 2 is 2.00 bits per heavy atom. The molecule has 0 heterocycles. The van der Waals surface area contributed by atoms with Gasteiger partial charge in [0.2, 0.25) is 0 Å². The number of nitrogens with zero attached hydrogens (tertiary/aromatic N) is 1. The maximum absolute atomic E-state index is 11.2. The molecule has 2 saturated carbocycles. The first kappa shape index (κ1) is 22.5. The van der Waals surface area contributed by atoms with Gasteiger partial charge in [0.15, 0.2) is 0 Å². The fourth-order valence-electron chi connectivity index (χ4n) is 6.43. The number of benzene rings is 2.